The van der Waals surface area contributed by atoms with Crippen molar-refractivity contribution in [1.29, 1.82) is 0 Å². The number of hydrogen-bond donors (Lipinski definition) is 1. The van der Waals surface area contributed by atoms with Crippen LogP contribution in [0.25, 0.3) is 0 Å². The van der Waals surface area contributed by atoms with Gasteiger partial charge in [-0.15, -0.1) is 0 Å². The van der Waals surface area contributed by atoms with Gasteiger partial charge in [-0.05, 0) is 55.0 Å². The minimum Gasteiger partial charge on any atom is -0.481 e. The molecule has 0 spiro atoms. The minimum absolute atomic E-state index is 0.103. The fourth-order valence-corrected chi connectivity index (χ4v) is 2.09. The van der Waals surface area contributed by atoms with E-state index >= 15 is 0 Å². The second-order valence-corrected chi connectivity index (χ2v) is 4.90. The number of carboxylic acids is 1. The van der Waals surface area contributed by atoms with Crippen molar-refractivity contribution in [2.24, 2.45) is 5.92 Å². The molecule has 1 aromatic carbocycles. The van der Waals surface area contributed by atoms with Crippen molar-refractivity contribution >= 4 is 5.97 Å². The molecule has 1 aliphatic carbocycles. The Labute approximate surface area is 108 Å². The lowest BCUT2D eigenvalue weighted by Crippen LogP contribution is -2.06. The number of rotatable bonds is 3. The van der Waals surface area contributed by atoms with Gasteiger partial charge in [0.2, 0.25) is 0 Å². The maximum absolute atomic E-state index is 10.9. The SMILES string of the molecule is CCc1cc(C#CC2CC2)cc(C)c1CC(=O)O. The van der Waals surface area contributed by atoms with Crippen LogP contribution in [0.2, 0.25) is 0 Å². The average Bonchev–Trinajstić information content (AvgIpc) is 3.12. The number of carbonyl (C=O) groups is 1. The van der Waals surface area contributed by atoms with E-state index in [1.165, 1.54) is 12.8 Å². The molecule has 1 saturated carbocycles. The predicted molar refractivity (Wildman–Crippen MR) is 71.5 cm³/mol. The Morgan fingerprint density at radius 2 is 2.17 bits per heavy atom. The van der Waals surface area contributed by atoms with E-state index in [0.29, 0.717) is 5.92 Å². The highest BCUT2D eigenvalue weighted by Gasteiger charge is 2.17. The van der Waals surface area contributed by atoms with E-state index < -0.39 is 5.97 Å². The summed E-state index contributed by atoms with van der Waals surface area (Å²) in [6.45, 7) is 4.03. The Hall–Kier alpha value is -1.75. The van der Waals surface area contributed by atoms with E-state index in [2.05, 4.69) is 18.8 Å². The van der Waals surface area contributed by atoms with Crippen molar-refractivity contribution in [1.82, 2.24) is 0 Å². The molecule has 1 fully saturated rings. The third-order valence-electron chi connectivity index (χ3n) is 3.27. The van der Waals surface area contributed by atoms with Crippen LogP contribution in [0.1, 0.15) is 42.0 Å². The molecular weight excluding hydrogens is 224 g/mol. The topological polar surface area (TPSA) is 37.3 Å². The molecule has 0 atom stereocenters. The summed E-state index contributed by atoms with van der Waals surface area (Å²) in [6.07, 6.45) is 3.40. The number of aliphatic carboxylic acids is 1. The first-order chi connectivity index (χ1) is 8.60. The zero-order chi connectivity index (χ0) is 13.1. The highest BCUT2D eigenvalue weighted by molar-refractivity contribution is 5.71. The number of aryl methyl sites for hydroxylation is 2. The van der Waals surface area contributed by atoms with Crippen molar-refractivity contribution in [3.8, 4) is 11.8 Å². The summed E-state index contributed by atoms with van der Waals surface area (Å²) in [5.74, 6) is 6.27. The molecule has 0 amide bonds. The Bertz CT molecular complexity index is 528. The Morgan fingerprint density at radius 3 is 2.72 bits per heavy atom. The molecule has 18 heavy (non-hydrogen) atoms. The Balaban J connectivity index is 2.33. The minimum atomic E-state index is -0.774. The van der Waals surface area contributed by atoms with Gasteiger partial charge in [-0.3, -0.25) is 4.79 Å². The molecule has 0 radical (unpaired) electrons. The van der Waals surface area contributed by atoms with Crippen LogP contribution >= 0.6 is 0 Å². The second kappa shape index (κ2) is 5.27. The van der Waals surface area contributed by atoms with Crippen LogP contribution in [0.3, 0.4) is 0 Å². The lowest BCUT2D eigenvalue weighted by atomic mass is 9.94. The second-order valence-electron chi connectivity index (χ2n) is 4.90. The molecule has 0 heterocycles. The molecule has 1 aromatic rings. The fraction of sp³-hybridized carbons (Fsp3) is 0.438. The van der Waals surface area contributed by atoms with Crippen molar-refractivity contribution in [3.05, 3.63) is 34.4 Å². The molecule has 0 aliphatic heterocycles. The molecule has 1 aliphatic rings. The molecule has 94 valence electrons. The summed E-state index contributed by atoms with van der Waals surface area (Å²) in [6, 6.07) is 4.05. The van der Waals surface area contributed by atoms with Gasteiger partial charge < -0.3 is 5.11 Å². The van der Waals surface area contributed by atoms with Gasteiger partial charge in [0.05, 0.1) is 6.42 Å². The zero-order valence-corrected chi connectivity index (χ0v) is 10.9. The molecular formula is C16H18O2. The van der Waals surface area contributed by atoms with Crippen LogP contribution in [0.15, 0.2) is 12.1 Å². The molecule has 0 bridgehead atoms. The number of carboxylic acid groups (broad SMARTS) is 1. The largest absolute Gasteiger partial charge is 0.481 e. The van der Waals surface area contributed by atoms with E-state index in [9.17, 15) is 4.79 Å². The normalized spacial score (nSPS) is 13.9. The van der Waals surface area contributed by atoms with Crippen LogP contribution in [-0.2, 0) is 17.6 Å². The summed E-state index contributed by atoms with van der Waals surface area (Å²) in [5, 5.41) is 8.94. The van der Waals surface area contributed by atoms with Crippen molar-refractivity contribution < 1.29 is 9.90 Å². The van der Waals surface area contributed by atoms with Crippen LogP contribution in [0.4, 0.5) is 0 Å². The zero-order valence-electron chi connectivity index (χ0n) is 10.9. The highest BCUT2D eigenvalue weighted by Crippen LogP contribution is 2.27. The third-order valence-corrected chi connectivity index (χ3v) is 3.27. The van der Waals surface area contributed by atoms with E-state index in [4.69, 9.17) is 5.11 Å². The van der Waals surface area contributed by atoms with E-state index in [-0.39, 0.29) is 6.42 Å². The van der Waals surface area contributed by atoms with Crippen molar-refractivity contribution in [2.45, 2.75) is 39.5 Å². The average molecular weight is 242 g/mol. The van der Waals surface area contributed by atoms with E-state index in [0.717, 1.165) is 28.7 Å². The first-order valence-corrected chi connectivity index (χ1v) is 6.46. The van der Waals surface area contributed by atoms with Gasteiger partial charge in [-0.2, -0.15) is 0 Å². The quantitative estimate of drug-likeness (QED) is 0.827. The Kier molecular flexibility index (Phi) is 3.72. The first kappa shape index (κ1) is 12.7. The van der Waals surface area contributed by atoms with E-state index in [1.54, 1.807) is 0 Å². The summed E-state index contributed by atoms with van der Waals surface area (Å²) >= 11 is 0. The van der Waals surface area contributed by atoms with Crippen LogP contribution in [0.5, 0.6) is 0 Å². The van der Waals surface area contributed by atoms with Gasteiger partial charge in [0.15, 0.2) is 0 Å². The van der Waals surface area contributed by atoms with Gasteiger partial charge in [-0.1, -0.05) is 18.8 Å². The number of benzene rings is 1. The molecule has 0 aromatic heterocycles. The van der Waals surface area contributed by atoms with Gasteiger partial charge in [0.25, 0.3) is 0 Å². The van der Waals surface area contributed by atoms with Gasteiger partial charge >= 0.3 is 5.97 Å². The smallest absolute Gasteiger partial charge is 0.307 e. The molecule has 2 heteroatoms. The third kappa shape index (κ3) is 3.13. The summed E-state index contributed by atoms with van der Waals surface area (Å²) < 4.78 is 0. The molecule has 0 saturated heterocycles. The highest BCUT2D eigenvalue weighted by atomic mass is 16.4. The maximum atomic E-state index is 10.9. The molecule has 1 N–H and O–H groups in total. The first-order valence-electron chi connectivity index (χ1n) is 6.46. The standard InChI is InChI=1S/C16H18O2/c1-3-14-9-13(7-6-12-4-5-12)8-11(2)15(14)10-16(17)18/h8-9,12H,3-5,10H2,1-2H3,(H,17,18). The lowest BCUT2D eigenvalue weighted by Gasteiger charge is -2.10. The van der Waals surface area contributed by atoms with Crippen LogP contribution in [0, 0.1) is 24.7 Å². The monoisotopic (exact) mass is 242 g/mol. The fourth-order valence-electron chi connectivity index (χ4n) is 2.09. The van der Waals surface area contributed by atoms with Crippen molar-refractivity contribution in [3.63, 3.8) is 0 Å². The van der Waals surface area contributed by atoms with Gasteiger partial charge in [-0.25, -0.2) is 0 Å². The Morgan fingerprint density at radius 1 is 1.44 bits per heavy atom. The number of hydrogen-bond acceptors (Lipinski definition) is 1. The summed E-state index contributed by atoms with van der Waals surface area (Å²) in [5.41, 5.74) is 4.11. The van der Waals surface area contributed by atoms with Crippen molar-refractivity contribution in [2.75, 3.05) is 0 Å². The van der Waals surface area contributed by atoms with E-state index in [1.807, 2.05) is 19.1 Å². The molecule has 0 unspecified atom stereocenters. The molecule has 2 nitrogen and oxygen atoms in total. The maximum Gasteiger partial charge on any atom is 0.307 e. The van der Waals surface area contributed by atoms with Gasteiger partial charge in [0.1, 0.15) is 0 Å². The molecule has 2 rings (SSSR count). The summed E-state index contributed by atoms with van der Waals surface area (Å²) in [4.78, 5) is 10.9. The van der Waals surface area contributed by atoms with Crippen LogP contribution < -0.4 is 0 Å². The van der Waals surface area contributed by atoms with Crippen LogP contribution in [-0.4, -0.2) is 11.1 Å². The van der Waals surface area contributed by atoms with Gasteiger partial charge in [0, 0.05) is 11.5 Å². The lowest BCUT2D eigenvalue weighted by molar-refractivity contribution is -0.136. The summed E-state index contributed by atoms with van der Waals surface area (Å²) in [7, 11) is 0. The predicted octanol–water partition coefficient (Wildman–Crippen LogP) is 2.95.